The van der Waals surface area contributed by atoms with E-state index in [1.165, 1.54) is 0 Å². The number of aryl methyl sites for hydroxylation is 1. The SMILES string of the molecule is NC(=O)Oc1nc(CCC(=O)Nc2ccc3n[nH]nc3c2)[nH]c1NC(=O)Nc1ccc(Cl)cc1. The van der Waals surface area contributed by atoms with Crippen LogP contribution in [-0.4, -0.2) is 43.4 Å². The predicted molar refractivity (Wildman–Crippen MR) is 124 cm³/mol. The molecule has 0 fully saturated rings. The monoisotopic (exact) mass is 483 g/mol. The van der Waals surface area contributed by atoms with E-state index >= 15 is 0 Å². The number of imidazole rings is 1. The molecule has 174 valence electrons. The van der Waals surface area contributed by atoms with Crippen LogP contribution >= 0.6 is 11.6 Å². The number of nitrogens with one attached hydrogen (secondary N) is 5. The number of nitrogens with zero attached hydrogens (tertiary/aromatic N) is 3. The smallest absolute Gasteiger partial charge is 0.387 e. The lowest BCUT2D eigenvalue weighted by atomic mass is 10.2. The zero-order valence-corrected chi connectivity index (χ0v) is 18.1. The molecule has 13 nitrogen and oxygen atoms in total. The summed E-state index contributed by atoms with van der Waals surface area (Å²) >= 11 is 5.83. The molecule has 4 aromatic rings. The molecular formula is C20H18ClN9O4. The van der Waals surface area contributed by atoms with Crippen molar-refractivity contribution in [3.05, 3.63) is 53.3 Å². The standard InChI is InChI=1S/C20H18ClN9O4/c21-10-1-3-11(4-2-10)24-20(33)27-17-18(34-19(22)32)26-15(25-17)7-8-16(31)23-12-5-6-13-14(9-12)29-30-28-13/h1-6,9H,7-8H2,(H2,22,32)(H,23,31)(H,25,26)(H2,24,27,33)(H,28,29,30). The average Bonchev–Trinajstić information content (AvgIpc) is 3.40. The van der Waals surface area contributed by atoms with E-state index in [9.17, 15) is 14.4 Å². The summed E-state index contributed by atoms with van der Waals surface area (Å²) < 4.78 is 4.85. The number of rotatable bonds is 7. The number of carbonyl (C=O) groups is 3. The van der Waals surface area contributed by atoms with Crippen molar-refractivity contribution in [2.24, 2.45) is 5.73 Å². The van der Waals surface area contributed by atoms with Gasteiger partial charge in [0.05, 0.1) is 0 Å². The Kier molecular flexibility index (Phi) is 6.54. The number of hydrogen-bond donors (Lipinski definition) is 6. The molecule has 0 unspecified atom stereocenters. The molecule has 0 radical (unpaired) electrons. The molecule has 7 N–H and O–H groups in total. The van der Waals surface area contributed by atoms with Gasteiger partial charge >= 0.3 is 12.1 Å². The van der Waals surface area contributed by atoms with E-state index in [2.05, 4.69) is 41.3 Å². The lowest BCUT2D eigenvalue weighted by Gasteiger charge is -2.07. The number of fused-ring (bicyclic) bond motifs is 1. The number of aromatic amines is 2. The van der Waals surface area contributed by atoms with E-state index in [1.807, 2.05) is 0 Å². The Morgan fingerprint density at radius 1 is 0.971 bits per heavy atom. The number of nitrogens with two attached hydrogens (primary N) is 1. The molecule has 0 aliphatic rings. The van der Waals surface area contributed by atoms with E-state index in [-0.39, 0.29) is 30.4 Å². The number of halogens is 1. The number of anilines is 3. The van der Waals surface area contributed by atoms with Gasteiger partial charge in [0.2, 0.25) is 5.91 Å². The maximum atomic E-state index is 12.3. The molecule has 0 atom stereocenters. The fourth-order valence-electron chi connectivity index (χ4n) is 2.96. The summed E-state index contributed by atoms with van der Waals surface area (Å²) in [5.74, 6) is -0.227. The molecule has 2 aromatic carbocycles. The molecule has 0 aliphatic carbocycles. The minimum absolute atomic E-state index is 0.00263. The van der Waals surface area contributed by atoms with Crippen LogP contribution in [0.15, 0.2) is 42.5 Å². The van der Waals surface area contributed by atoms with Crippen molar-refractivity contribution in [1.29, 1.82) is 0 Å². The summed E-state index contributed by atoms with van der Waals surface area (Å²) in [5.41, 5.74) is 7.42. The lowest BCUT2D eigenvalue weighted by molar-refractivity contribution is -0.116. The van der Waals surface area contributed by atoms with E-state index in [1.54, 1.807) is 42.5 Å². The van der Waals surface area contributed by atoms with Crippen LogP contribution in [0.1, 0.15) is 12.2 Å². The predicted octanol–water partition coefficient (Wildman–Crippen LogP) is 3.01. The van der Waals surface area contributed by atoms with Gasteiger partial charge in [0.15, 0.2) is 5.82 Å². The number of H-pyrrole nitrogens is 2. The summed E-state index contributed by atoms with van der Waals surface area (Å²) in [6.07, 6.45) is -0.898. The molecule has 4 rings (SSSR count). The van der Waals surface area contributed by atoms with Gasteiger partial charge in [-0.3, -0.25) is 10.1 Å². The summed E-state index contributed by atoms with van der Waals surface area (Å²) in [6.45, 7) is 0. The van der Waals surface area contributed by atoms with Gasteiger partial charge in [0.1, 0.15) is 16.9 Å². The lowest BCUT2D eigenvalue weighted by Crippen LogP contribution is -2.21. The van der Waals surface area contributed by atoms with Crippen molar-refractivity contribution in [3.63, 3.8) is 0 Å². The highest BCUT2D eigenvalue weighted by molar-refractivity contribution is 6.30. The Labute approximate surface area is 196 Å². The molecule has 0 saturated heterocycles. The second kappa shape index (κ2) is 9.87. The zero-order valence-electron chi connectivity index (χ0n) is 17.4. The van der Waals surface area contributed by atoms with Crippen LogP contribution in [-0.2, 0) is 11.2 Å². The first-order valence-electron chi connectivity index (χ1n) is 9.86. The molecule has 14 heteroatoms. The van der Waals surface area contributed by atoms with E-state index in [0.717, 1.165) is 0 Å². The quantitative estimate of drug-likeness (QED) is 0.232. The third kappa shape index (κ3) is 5.77. The van der Waals surface area contributed by atoms with Gasteiger partial charge in [-0.05, 0) is 42.5 Å². The molecule has 0 aliphatic heterocycles. The van der Waals surface area contributed by atoms with Crippen molar-refractivity contribution in [1.82, 2.24) is 25.4 Å². The zero-order chi connectivity index (χ0) is 24.1. The first kappa shape index (κ1) is 22.5. The second-order valence-corrected chi connectivity index (χ2v) is 7.38. The Bertz CT molecular complexity index is 1350. The molecule has 34 heavy (non-hydrogen) atoms. The molecule has 4 amide bonds. The number of carbonyl (C=O) groups excluding carboxylic acids is 3. The molecule has 2 heterocycles. The fraction of sp³-hybridized carbons (Fsp3) is 0.100. The average molecular weight is 484 g/mol. The molecule has 0 bridgehead atoms. The highest BCUT2D eigenvalue weighted by Crippen LogP contribution is 2.23. The Hall–Kier alpha value is -4.65. The van der Waals surface area contributed by atoms with Gasteiger partial charge in [0.25, 0.3) is 5.88 Å². The molecule has 0 spiro atoms. The van der Waals surface area contributed by atoms with Crippen LogP contribution in [0.3, 0.4) is 0 Å². The number of urea groups is 1. The summed E-state index contributed by atoms with van der Waals surface area (Å²) in [6, 6.07) is 10.9. The van der Waals surface area contributed by atoms with Crippen molar-refractivity contribution < 1.29 is 19.1 Å². The first-order valence-corrected chi connectivity index (χ1v) is 10.2. The summed E-state index contributed by atoms with van der Waals surface area (Å²) in [7, 11) is 0. The van der Waals surface area contributed by atoms with E-state index in [4.69, 9.17) is 22.1 Å². The number of aromatic nitrogens is 5. The Morgan fingerprint density at radius 2 is 1.71 bits per heavy atom. The maximum Gasteiger partial charge on any atom is 0.411 e. The maximum absolute atomic E-state index is 12.3. The molecular weight excluding hydrogens is 466 g/mol. The third-order valence-electron chi connectivity index (χ3n) is 4.45. The minimum atomic E-state index is -1.11. The van der Waals surface area contributed by atoms with Gasteiger partial charge < -0.3 is 26.1 Å². The number of benzene rings is 2. The molecule has 2 aromatic heterocycles. The summed E-state index contributed by atoms with van der Waals surface area (Å²) in [5, 5.41) is 18.8. The van der Waals surface area contributed by atoms with Crippen LogP contribution in [0.5, 0.6) is 5.88 Å². The number of hydrogen-bond acceptors (Lipinski definition) is 7. The highest BCUT2D eigenvalue weighted by Gasteiger charge is 2.17. The van der Waals surface area contributed by atoms with Crippen LogP contribution in [0.2, 0.25) is 5.02 Å². The summed E-state index contributed by atoms with van der Waals surface area (Å²) in [4.78, 5) is 42.8. The number of amides is 4. The normalized spacial score (nSPS) is 10.6. The van der Waals surface area contributed by atoms with Gasteiger partial charge in [0, 0.05) is 29.2 Å². The minimum Gasteiger partial charge on any atom is -0.387 e. The van der Waals surface area contributed by atoms with Crippen molar-refractivity contribution >= 4 is 57.9 Å². The van der Waals surface area contributed by atoms with Crippen molar-refractivity contribution in [2.75, 3.05) is 16.0 Å². The number of primary amides is 1. The van der Waals surface area contributed by atoms with E-state index < -0.39 is 12.1 Å². The largest absolute Gasteiger partial charge is 0.411 e. The van der Waals surface area contributed by atoms with Crippen LogP contribution in [0.4, 0.5) is 26.8 Å². The van der Waals surface area contributed by atoms with Gasteiger partial charge in [-0.2, -0.15) is 20.4 Å². The Balaban J connectivity index is 1.38. The second-order valence-electron chi connectivity index (χ2n) is 6.95. The molecule has 0 saturated carbocycles. The first-order chi connectivity index (χ1) is 16.4. The van der Waals surface area contributed by atoms with Crippen molar-refractivity contribution in [2.45, 2.75) is 12.8 Å². The third-order valence-corrected chi connectivity index (χ3v) is 4.70. The van der Waals surface area contributed by atoms with E-state index in [0.29, 0.717) is 33.3 Å². The van der Waals surface area contributed by atoms with Crippen LogP contribution in [0.25, 0.3) is 11.0 Å². The topological polar surface area (TPSA) is 193 Å². The van der Waals surface area contributed by atoms with Gasteiger partial charge in [-0.15, -0.1) is 0 Å². The Morgan fingerprint density at radius 3 is 2.47 bits per heavy atom. The van der Waals surface area contributed by atoms with Gasteiger partial charge in [-0.1, -0.05) is 11.6 Å². The van der Waals surface area contributed by atoms with Crippen LogP contribution < -0.4 is 26.4 Å². The van der Waals surface area contributed by atoms with Gasteiger partial charge in [-0.25, -0.2) is 9.59 Å². The highest BCUT2D eigenvalue weighted by atomic mass is 35.5. The van der Waals surface area contributed by atoms with Crippen LogP contribution in [0, 0.1) is 0 Å². The van der Waals surface area contributed by atoms with Crippen molar-refractivity contribution in [3.8, 4) is 5.88 Å². The number of ether oxygens (including phenoxy) is 1. The fourth-order valence-corrected chi connectivity index (χ4v) is 3.08.